The SMILES string of the molecule is CCC(C)NC(=O)c1ccccc1NC(=O)c1cn[nH]n1. The summed E-state index contributed by atoms with van der Waals surface area (Å²) in [6.07, 6.45) is 2.15. The van der Waals surface area contributed by atoms with Crippen LogP contribution in [-0.2, 0) is 0 Å². The first-order valence-electron chi connectivity index (χ1n) is 6.68. The fraction of sp³-hybridized carbons (Fsp3) is 0.286. The van der Waals surface area contributed by atoms with Gasteiger partial charge in [0.15, 0.2) is 5.69 Å². The zero-order valence-electron chi connectivity index (χ0n) is 11.9. The average Bonchev–Trinajstić information content (AvgIpc) is 3.01. The molecule has 1 unspecified atom stereocenters. The fourth-order valence-electron chi connectivity index (χ4n) is 1.69. The fourth-order valence-corrected chi connectivity index (χ4v) is 1.69. The molecule has 7 heteroatoms. The molecule has 2 aromatic rings. The van der Waals surface area contributed by atoms with E-state index in [0.29, 0.717) is 11.3 Å². The van der Waals surface area contributed by atoms with Gasteiger partial charge in [-0.05, 0) is 25.5 Å². The van der Waals surface area contributed by atoms with Gasteiger partial charge in [-0.3, -0.25) is 9.59 Å². The van der Waals surface area contributed by atoms with Crippen molar-refractivity contribution >= 4 is 17.5 Å². The summed E-state index contributed by atoms with van der Waals surface area (Å²) in [7, 11) is 0. The lowest BCUT2D eigenvalue weighted by Gasteiger charge is -2.14. The molecule has 0 saturated heterocycles. The highest BCUT2D eigenvalue weighted by Crippen LogP contribution is 2.16. The standard InChI is InChI=1S/C14H17N5O2/c1-3-9(2)16-13(20)10-6-4-5-7-11(10)17-14(21)12-8-15-19-18-12/h4-9H,3H2,1-2H3,(H,16,20)(H,17,21)(H,15,18,19). The van der Waals surface area contributed by atoms with E-state index in [4.69, 9.17) is 0 Å². The molecule has 1 aromatic carbocycles. The Bertz CT molecular complexity index is 624. The van der Waals surface area contributed by atoms with Crippen LogP contribution >= 0.6 is 0 Å². The number of rotatable bonds is 5. The van der Waals surface area contributed by atoms with Crippen LogP contribution in [0.1, 0.15) is 41.1 Å². The lowest BCUT2D eigenvalue weighted by atomic mass is 10.1. The van der Waals surface area contributed by atoms with E-state index in [1.165, 1.54) is 6.20 Å². The third-order valence-corrected chi connectivity index (χ3v) is 3.06. The van der Waals surface area contributed by atoms with Crippen LogP contribution in [-0.4, -0.2) is 33.3 Å². The Hall–Kier alpha value is -2.70. The largest absolute Gasteiger partial charge is 0.350 e. The molecule has 110 valence electrons. The van der Waals surface area contributed by atoms with Crippen molar-refractivity contribution in [2.45, 2.75) is 26.3 Å². The second-order valence-corrected chi connectivity index (χ2v) is 4.64. The van der Waals surface area contributed by atoms with Crippen molar-refractivity contribution in [3.8, 4) is 0 Å². The molecule has 3 N–H and O–H groups in total. The summed E-state index contributed by atoms with van der Waals surface area (Å²) in [5.41, 5.74) is 1.01. The summed E-state index contributed by atoms with van der Waals surface area (Å²) in [6.45, 7) is 3.91. The Morgan fingerprint density at radius 3 is 2.71 bits per heavy atom. The Balaban J connectivity index is 2.17. The summed E-state index contributed by atoms with van der Waals surface area (Å²) in [6, 6.07) is 6.90. The number of anilines is 1. The molecule has 1 aromatic heterocycles. The number of carbonyl (C=O) groups excluding carboxylic acids is 2. The number of hydrogen-bond acceptors (Lipinski definition) is 4. The van der Waals surface area contributed by atoms with E-state index in [1.54, 1.807) is 24.3 Å². The zero-order valence-corrected chi connectivity index (χ0v) is 11.9. The monoisotopic (exact) mass is 287 g/mol. The van der Waals surface area contributed by atoms with Crippen LogP contribution in [0.3, 0.4) is 0 Å². The summed E-state index contributed by atoms with van der Waals surface area (Å²) < 4.78 is 0. The maximum atomic E-state index is 12.2. The smallest absolute Gasteiger partial charge is 0.277 e. The minimum Gasteiger partial charge on any atom is -0.350 e. The Morgan fingerprint density at radius 1 is 1.29 bits per heavy atom. The summed E-state index contributed by atoms with van der Waals surface area (Å²) >= 11 is 0. The van der Waals surface area contributed by atoms with Crippen LogP contribution < -0.4 is 10.6 Å². The number of H-pyrrole nitrogens is 1. The van der Waals surface area contributed by atoms with E-state index in [-0.39, 0.29) is 17.6 Å². The number of aromatic amines is 1. The molecule has 0 saturated carbocycles. The molecule has 0 spiro atoms. The lowest BCUT2D eigenvalue weighted by molar-refractivity contribution is 0.0940. The molecule has 21 heavy (non-hydrogen) atoms. The van der Waals surface area contributed by atoms with Gasteiger partial charge in [-0.2, -0.15) is 15.4 Å². The molecular formula is C14H17N5O2. The van der Waals surface area contributed by atoms with Gasteiger partial charge in [0.1, 0.15) is 0 Å². The quantitative estimate of drug-likeness (QED) is 0.777. The highest BCUT2D eigenvalue weighted by Gasteiger charge is 2.16. The van der Waals surface area contributed by atoms with Crippen molar-refractivity contribution in [3.63, 3.8) is 0 Å². The van der Waals surface area contributed by atoms with Crippen LogP contribution in [0.2, 0.25) is 0 Å². The highest BCUT2D eigenvalue weighted by molar-refractivity contribution is 6.08. The number of amides is 2. The van der Waals surface area contributed by atoms with Crippen LogP contribution in [0.4, 0.5) is 5.69 Å². The number of para-hydroxylation sites is 1. The van der Waals surface area contributed by atoms with Gasteiger partial charge in [0.05, 0.1) is 17.4 Å². The molecule has 0 aliphatic carbocycles. The van der Waals surface area contributed by atoms with E-state index in [9.17, 15) is 9.59 Å². The molecule has 2 rings (SSSR count). The Kier molecular flexibility index (Phi) is 4.65. The Morgan fingerprint density at radius 2 is 2.05 bits per heavy atom. The maximum absolute atomic E-state index is 12.2. The number of aromatic nitrogens is 3. The maximum Gasteiger partial charge on any atom is 0.277 e. The van der Waals surface area contributed by atoms with Crippen LogP contribution in [0.15, 0.2) is 30.5 Å². The topological polar surface area (TPSA) is 99.8 Å². The van der Waals surface area contributed by atoms with Crippen molar-refractivity contribution in [2.75, 3.05) is 5.32 Å². The first kappa shape index (κ1) is 14.7. The van der Waals surface area contributed by atoms with E-state index in [1.807, 2.05) is 13.8 Å². The second kappa shape index (κ2) is 6.65. The van der Waals surface area contributed by atoms with Crippen LogP contribution in [0, 0.1) is 0 Å². The van der Waals surface area contributed by atoms with E-state index in [2.05, 4.69) is 26.0 Å². The minimum absolute atomic E-state index is 0.0665. The summed E-state index contributed by atoms with van der Waals surface area (Å²) in [5, 5.41) is 15.2. The average molecular weight is 287 g/mol. The lowest BCUT2D eigenvalue weighted by Crippen LogP contribution is -2.32. The van der Waals surface area contributed by atoms with Crippen molar-refractivity contribution in [3.05, 3.63) is 41.7 Å². The third-order valence-electron chi connectivity index (χ3n) is 3.06. The summed E-state index contributed by atoms with van der Waals surface area (Å²) in [5.74, 6) is -0.645. The van der Waals surface area contributed by atoms with Crippen molar-refractivity contribution in [1.29, 1.82) is 0 Å². The zero-order chi connectivity index (χ0) is 15.2. The predicted molar refractivity (Wildman–Crippen MR) is 78.0 cm³/mol. The molecule has 2 amide bonds. The third kappa shape index (κ3) is 3.65. The number of nitrogens with one attached hydrogen (secondary N) is 3. The van der Waals surface area contributed by atoms with Crippen LogP contribution in [0.25, 0.3) is 0 Å². The van der Waals surface area contributed by atoms with Gasteiger partial charge in [-0.1, -0.05) is 19.1 Å². The normalized spacial score (nSPS) is 11.7. The number of hydrogen-bond donors (Lipinski definition) is 3. The molecular weight excluding hydrogens is 270 g/mol. The second-order valence-electron chi connectivity index (χ2n) is 4.64. The van der Waals surface area contributed by atoms with Gasteiger partial charge < -0.3 is 10.6 Å². The molecule has 0 radical (unpaired) electrons. The highest BCUT2D eigenvalue weighted by atomic mass is 16.2. The van der Waals surface area contributed by atoms with E-state index < -0.39 is 5.91 Å². The number of benzene rings is 1. The predicted octanol–water partition coefficient (Wildman–Crippen LogP) is 1.59. The van der Waals surface area contributed by atoms with Gasteiger partial charge in [0.2, 0.25) is 0 Å². The van der Waals surface area contributed by atoms with Crippen molar-refractivity contribution < 1.29 is 9.59 Å². The number of nitrogens with zero attached hydrogens (tertiary/aromatic N) is 2. The van der Waals surface area contributed by atoms with Crippen LogP contribution in [0.5, 0.6) is 0 Å². The van der Waals surface area contributed by atoms with Gasteiger partial charge >= 0.3 is 0 Å². The molecule has 0 aliphatic heterocycles. The van der Waals surface area contributed by atoms with Crippen molar-refractivity contribution in [2.24, 2.45) is 0 Å². The van der Waals surface area contributed by atoms with Crippen molar-refractivity contribution in [1.82, 2.24) is 20.7 Å². The molecule has 1 atom stereocenters. The molecule has 0 aliphatic rings. The summed E-state index contributed by atoms with van der Waals surface area (Å²) in [4.78, 5) is 24.2. The van der Waals surface area contributed by atoms with E-state index in [0.717, 1.165) is 6.42 Å². The molecule has 7 nitrogen and oxygen atoms in total. The van der Waals surface area contributed by atoms with Gasteiger partial charge in [-0.15, -0.1) is 0 Å². The molecule has 0 bridgehead atoms. The van der Waals surface area contributed by atoms with Gasteiger partial charge in [0.25, 0.3) is 11.8 Å². The van der Waals surface area contributed by atoms with Gasteiger partial charge in [-0.25, -0.2) is 0 Å². The molecule has 1 heterocycles. The Labute approximate surface area is 122 Å². The number of carbonyl (C=O) groups is 2. The minimum atomic E-state index is -0.424. The molecule has 0 fully saturated rings. The van der Waals surface area contributed by atoms with Gasteiger partial charge in [0, 0.05) is 6.04 Å². The van der Waals surface area contributed by atoms with E-state index >= 15 is 0 Å². The first-order valence-corrected chi connectivity index (χ1v) is 6.68. The first-order chi connectivity index (χ1) is 10.1.